The molecule has 3 N–H and O–H groups in total. The zero-order valence-corrected chi connectivity index (χ0v) is 15.2. The Labute approximate surface area is 144 Å². The molecule has 0 aromatic carbocycles. The van der Waals surface area contributed by atoms with Gasteiger partial charge in [0.1, 0.15) is 0 Å². The zero-order chi connectivity index (χ0) is 17.7. The van der Waals surface area contributed by atoms with Crippen molar-refractivity contribution in [1.29, 1.82) is 0 Å². The lowest BCUT2D eigenvalue weighted by molar-refractivity contribution is -0.135. The fourth-order valence-corrected chi connectivity index (χ4v) is 3.35. The molecular formula is C17H32N4O3. The highest BCUT2D eigenvalue weighted by atomic mass is 16.5. The molecule has 24 heavy (non-hydrogen) atoms. The molecule has 7 heteroatoms. The maximum absolute atomic E-state index is 12.3. The van der Waals surface area contributed by atoms with Gasteiger partial charge in [-0.2, -0.15) is 0 Å². The Morgan fingerprint density at radius 2 is 1.92 bits per heavy atom. The molecule has 1 unspecified atom stereocenters. The fraction of sp³-hybridized carbons (Fsp3) is 0.882. The number of piperidine rings is 1. The summed E-state index contributed by atoms with van der Waals surface area (Å²) in [5, 5.41) is 2.66. The summed E-state index contributed by atoms with van der Waals surface area (Å²) in [6, 6.07) is -0.0313. The number of carbonyl (C=O) groups excluding carboxylic acids is 2. The average Bonchev–Trinajstić information content (AvgIpc) is 2.58. The highest BCUT2D eigenvalue weighted by molar-refractivity contribution is 5.87. The minimum atomic E-state index is -0.563. The van der Waals surface area contributed by atoms with Crippen molar-refractivity contribution in [2.75, 3.05) is 39.3 Å². The average molecular weight is 340 g/mol. The van der Waals surface area contributed by atoms with Crippen molar-refractivity contribution in [3.63, 3.8) is 0 Å². The van der Waals surface area contributed by atoms with Gasteiger partial charge < -0.3 is 20.7 Å². The van der Waals surface area contributed by atoms with E-state index in [2.05, 4.69) is 17.1 Å². The van der Waals surface area contributed by atoms with E-state index in [1.54, 1.807) is 0 Å². The second-order valence-corrected chi connectivity index (χ2v) is 7.28. The molecule has 2 heterocycles. The maximum Gasteiger partial charge on any atom is 0.241 e. The molecule has 0 aromatic rings. The number of carbonyl (C=O) groups is 2. The number of morpholine rings is 1. The SMILES string of the molecule is CC1CN(C2CCN(C(=O)CNC(=O)[C@@H](N)C(C)C)CC2)CCO1. The Morgan fingerprint density at radius 3 is 2.50 bits per heavy atom. The number of hydrogen-bond donors (Lipinski definition) is 2. The van der Waals surface area contributed by atoms with E-state index in [4.69, 9.17) is 10.5 Å². The van der Waals surface area contributed by atoms with Crippen molar-refractivity contribution in [3.05, 3.63) is 0 Å². The van der Waals surface area contributed by atoms with Crippen molar-refractivity contribution in [3.8, 4) is 0 Å². The van der Waals surface area contributed by atoms with E-state index in [-0.39, 0.29) is 24.3 Å². The van der Waals surface area contributed by atoms with Crippen LogP contribution in [0.1, 0.15) is 33.6 Å². The number of nitrogens with two attached hydrogens (primary N) is 1. The van der Waals surface area contributed by atoms with Gasteiger partial charge in [-0.3, -0.25) is 14.5 Å². The first kappa shape index (κ1) is 19.1. The molecule has 7 nitrogen and oxygen atoms in total. The van der Waals surface area contributed by atoms with Crippen LogP contribution in [-0.2, 0) is 14.3 Å². The Kier molecular flexibility index (Phi) is 7.01. The largest absolute Gasteiger partial charge is 0.376 e. The van der Waals surface area contributed by atoms with Crippen LogP contribution in [0.4, 0.5) is 0 Å². The van der Waals surface area contributed by atoms with Crippen LogP contribution in [0.3, 0.4) is 0 Å². The zero-order valence-electron chi connectivity index (χ0n) is 15.2. The summed E-state index contributed by atoms with van der Waals surface area (Å²) in [5.41, 5.74) is 5.78. The number of nitrogens with zero attached hydrogens (tertiary/aromatic N) is 2. The second-order valence-electron chi connectivity index (χ2n) is 7.28. The van der Waals surface area contributed by atoms with E-state index in [0.29, 0.717) is 12.1 Å². The second kappa shape index (κ2) is 8.78. The van der Waals surface area contributed by atoms with Gasteiger partial charge in [0.05, 0.1) is 25.3 Å². The third-order valence-corrected chi connectivity index (χ3v) is 5.04. The predicted molar refractivity (Wildman–Crippen MR) is 92.4 cm³/mol. The monoisotopic (exact) mass is 340 g/mol. The number of likely N-dealkylation sites (tertiary alicyclic amines) is 1. The lowest BCUT2D eigenvalue weighted by Crippen LogP contribution is -2.53. The van der Waals surface area contributed by atoms with E-state index in [0.717, 1.165) is 45.6 Å². The van der Waals surface area contributed by atoms with Gasteiger partial charge in [-0.15, -0.1) is 0 Å². The van der Waals surface area contributed by atoms with Crippen molar-refractivity contribution >= 4 is 11.8 Å². The number of rotatable bonds is 5. The first-order chi connectivity index (χ1) is 11.4. The van der Waals surface area contributed by atoms with Crippen LogP contribution in [-0.4, -0.2) is 79.1 Å². The Hall–Kier alpha value is -1.18. The number of nitrogens with one attached hydrogen (secondary N) is 1. The van der Waals surface area contributed by atoms with Crippen molar-refractivity contribution in [2.24, 2.45) is 11.7 Å². The van der Waals surface area contributed by atoms with Crippen LogP contribution in [0.5, 0.6) is 0 Å². The summed E-state index contributed by atoms with van der Waals surface area (Å²) < 4.78 is 5.59. The lowest BCUT2D eigenvalue weighted by Gasteiger charge is -2.41. The van der Waals surface area contributed by atoms with Crippen molar-refractivity contribution in [1.82, 2.24) is 15.1 Å². The van der Waals surface area contributed by atoms with Crippen molar-refractivity contribution in [2.45, 2.75) is 51.8 Å². The van der Waals surface area contributed by atoms with Gasteiger partial charge in [-0.1, -0.05) is 13.8 Å². The first-order valence-electron chi connectivity index (χ1n) is 9.05. The molecule has 2 aliphatic heterocycles. The molecule has 0 saturated carbocycles. The quantitative estimate of drug-likeness (QED) is 0.723. The third-order valence-electron chi connectivity index (χ3n) is 5.04. The summed E-state index contributed by atoms with van der Waals surface area (Å²) in [6.45, 7) is 10.2. The van der Waals surface area contributed by atoms with Gasteiger partial charge in [-0.25, -0.2) is 0 Å². The summed E-state index contributed by atoms with van der Waals surface area (Å²) >= 11 is 0. The van der Waals surface area contributed by atoms with Crippen molar-refractivity contribution < 1.29 is 14.3 Å². The van der Waals surface area contributed by atoms with Gasteiger partial charge >= 0.3 is 0 Å². The molecule has 2 atom stereocenters. The van der Waals surface area contributed by atoms with E-state index in [1.807, 2.05) is 18.7 Å². The molecule has 0 bridgehead atoms. The minimum absolute atomic E-state index is 0.0203. The smallest absolute Gasteiger partial charge is 0.241 e. The highest BCUT2D eigenvalue weighted by Gasteiger charge is 2.29. The molecule has 2 aliphatic rings. The fourth-order valence-electron chi connectivity index (χ4n) is 3.35. The van der Waals surface area contributed by atoms with Gasteiger partial charge in [0.15, 0.2) is 0 Å². The van der Waals surface area contributed by atoms with Crippen LogP contribution < -0.4 is 11.1 Å². The summed E-state index contributed by atoms with van der Waals surface area (Å²) in [6.07, 6.45) is 2.26. The van der Waals surface area contributed by atoms with Gasteiger partial charge in [-0.05, 0) is 25.7 Å². The topological polar surface area (TPSA) is 87.9 Å². The Balaban J connectivity index is 1.71. The normalized spacial score (nSPS) is 24.9. The Morgan fingerprint density at radius 1 is 1.25 bits per heavy atom. The van der Waals surface area contributed by atoms with Gasteiger partial charge in [0.25, 0.3) is 0 Å². The van der Waals surface area contributed by atoms with E-state index in [1.165, 1.54) is 0 Å². The maximum atomic E-state index is 12.3. The predicted octanol–water partition coefficient (Wildman–Crippen LogP) is -0.202. The molecular weight excluding hydrogens is 308 g/mol. The molecule has 0 radical (unpaired) electrons. The lowest BCUT2D eigenvalue weighted by atomic mass is 10.0. The molecule has 2 amide bonds. The van der Waals surface area contributed by atoms with E-state index in [9.17, 15) is 9.59 Å². The Bertz CT molecular complexity index is 436. The standard InChI is InChI=1S/C17H32N4O3/c1-12(2)16(18)17(23)19-10-15(22)20-6-4-14(5-7-20)21-8-9-24-13(3)11-21/h12-14,16H,4-11,18H2,1-3H3,(H,19,23)/t13?,16-/m0/s1. The summed E-state index contributed by atoms with van der Waals surface area (Å²) in [7, 11) is 0. The van der Waals surface area contributed by atoms with Crippen LogP contribution in [0.2, 0.25) is 0 Å². The number of hydrogen-bond acceptors (Lipinski definition) is 5. The highest BCUT2D eigenvalue weighted by Crippen LogP contribution is 2.19. The third kappa shape index (κ3) is 5.16. The molecule has 0 aliphatic carbocycles. The molecule has 2 rings (SSSR count). The minimum Gasteiger partial charge on any atom is -0.376 e. The van der Waals surface area contributed by atoms with Crippen LogP contribution >= 0.6 is 0 Å². The van der Waals surface area contributed by atoms with E-state index >= 15 is 0 Å². The van der Waals surface area contributed by atoms with Crippen LogP contribution in [0.15, 0.2) is 0 Å². The van der Waals surface area contributed by atoms with Crippen LogP contribution in [0, 0.1) is 5.92 Å². The first-order valence-corrected chi connectivity index (χ1v) is 9.05. The molecule has 2 fully saturated rings. The number of ether oxygens (including phenoxy) is 1. The van der Waals surface area contributed by atoms with Gasteiger partial charge in [0, 0.05) is 32.2 Å². The summed E-state index contributed by atoms with van der Waals surface area (Å²) in [5.74, 6) is -0.213. The molecule has 138 valence electrons. The number of amides is 2. The van der Waals surface area contributed by atoms with Gasteiger partial charge in [0.2, 0.25) is 11.8 Å². The van der Waals surface area contributed by atoms with E-state index < -0.39 is 6.04 Å². The molecule has 0 spiro atoms. The van der Waals surface area contributed by atoms with Crippen LogP contribution in [0.25, 0.3) is 0 Å². The molecule has 0 aromatic heterocycles. The molecule has 2 saturated heterocycles. The summed E-state index contributed by atoms with van der Waals surface area (Å²) in [4.78, 5) is 28.4.